The first kappa shape index (κ1) is 9.82. The summed E-state index contributed by atoms with van der Waals surface area (Å²) in [5, 5.41) is 5.45. The van der Waals surface area contributed by atoms with E-state index in [0.717, 1.165) is 13.2 Å². The standard InChI is InChI=1S/C12H17NOS/c1-11(7-13-2)10-9(3-6-15-10)12(4-5-12)8-14-11/h3,6,13H,4-5,7-8H2,1-2H3. The number of ether oxygens (including phenoxy) is 1. The summed E-state index contributed by atoms with van der Waals surface area (Å²) in [6.07, 6.45) is 2.62. The second-order valence-corrected chi connectivity index (χ2v) is 5.91. The molecule has 3 rings (SSSR count). The van der Waals surface area contributed by atoms with Crippen molar-refractivity contribution in [2.75, 3.05) is 20.2 Å². The predicted octanol–water partition coefficient (Wildman–Crippen LogP) is 2.24. The summed E-state index contributed by atoms with van der Waals surface area (Å²) in [5.74, 6) is 0. The molecule has 1 aliphatic carbocycles. The topological polar surface area (TPSA) is 21.3 Å². The first-order valence-electron chi connectivity index (χ1n) is 5.57. The van der Waals surface area contributed by atoms with Crippen LogP contribution in [0.1, 0.15) is 30.2 Å². The molecule has 2 nitrogen and oxygen atoms in total. The van der Waals surface area contributed by atoms with Crippen LogP contribution in [0.4, 0.5) is 0 Å². The molecule has 3 heteroatoms. The third kappa shape index (κ3) is 1.30. The molecule has 82 valence electrons. The fourth-order valence-electron chi connectivity index (χ4n) is 2.61. The molecule has 0 saturated heterocycles. The lowest BCUT2D eigenvalue weighted by Gasteiger charge is -2.37. The number of hydrogen-bond donors (Lipinski definition) is 1. The van der Waals surface area contributed by atoms with Gasteiger partial charge in [-0.15, -0.1) is 11.3 Å². The van der Waals surface area contributed by atoms with Gasteiger partial charge >= 0.3 is 0 Å². The SMILES string of the molecule is CNCC1(C)OCC2(CC2)c2ccsc21. The van der Waals surface area contributed by atoms with Crippen LogP contribution in [0.5, 0.6) is 0 Å². The summed E-state index contributed by atoms with van der Waals surface area (Å²) in [4.78, 5) is 1.45. The van der Waals surface area contributed by atoms with Crippen molar-refractivity contribution in [2.45, 2.75) is 30.8 Å². The van der Waals surface area contributed by atoms with Crippen LogP contribution in [0.3, 0.4) is 0 Å². The zero-order valence-corrected chi connectivity index (χ0v) is 10.1. The Morgan fingerprint density at radius 3 is 3.00 bits per heavy atom. The van der Waals surface area contributed by atoms with Crippen LogP contribution >= 0.6 is 11.3 Å². The Balaban J connectivity index is 2.04. The fraction of sp³-hybridized carbons (Fsp3) is 0.667. The second kappa shape index (κ2) is 3.06. The van der Waals surface area contributed by atoms with E-state index in [1.54, 1.807) is 5.56 Å². The van der Waals surface area contributed by atoms with Gasteiger partial charge in [-0.2, -0.15) is 0 Å². The molecule has 1 fully saturated rings. The molecule has 1 unspecified atom stereocenters. The molecule has 1 aromatic rings. The molecule has 0 amide bonds. The van der Waals surface area contributed by atoms with Gasteiger partial charge in [-0.05, 0) is 43.8 Å². The molecular formula is C12H17NOS. The van der Waals surface area contributed by atoms with Crippen molar-refractivity contribution in [1.29, 1.82) is 0 Å². The highest BCUT2D eigenvalue weighted by Gasteiger charge is 2.53. The second-order valence-electron chi connectivity index (χ2n) is 4.99. The molecule has 15 heavy (non-hydrogen) atoms. The first-order chi connectivity index (χ1) is 7.20. The van der Waals surface area contributed by atoms with E-state index in [9.17, 15) is 0 Å². The van der Waals surface area contributed by atoms with Gasteiger partial charge in [0.1, 0.15) is 5.60 Å². The predicted molar refractivity (Wildman–Crippen MR) is 62.5 cm³/mol. The molecule has 1 spiro atoms. The van der Waals surface area contributed by atoms with Gasteiger partial charge in [-0.25, -0.2) is 0 Å². The van der Waals surface area contributed by atoms with Gasteiger partial charge in [0, 0.05) is 16.8 Å². The van der Waals surface area contributed by atoms with Crippen molar-refractivity contribution >= 4 is 11.3 Å². The number of hydrogen-bond acceptors (Lipinski definition) is 3. The molecule has 1 aliphatic heterocycles. The molecule has 1 saturated carbocycles. The molecular weight excluding hydrogens is 206 g/mol. The summed E-state index contributed by atoms with van der Waals surface area (Å²) in [7, 11) is 1.99. The van der Waals surface area contributed by atoms with Crippen molar-refractivity contribution in [3.8, 4) is 0 Å². The monoisotopic (exact) mass is 223 g/mol. The largest absolute Gasteiger partial charge is 0.367 e. The Morgan fingerprint density at radius 2 is 2.33 bits per heavy atom. The lowest BCUT2D eigenvalue weighted by Crippen LogP contribution is -2.42. The zero-order chi connectivity index (χ0) is 10.5. The van der Waals surface area contributed by atoms with Gasteiger partial charge in [-0.1, -0.05) is 0 Å². The van der Waals surface area contributed by atoms with Gasteiger partial charge < -0.3 is 10.1 Å². The van der Waals surface area contributed by atoms with E-state index in [1.165, 1.54) is 17.7 Å². The summed E-state index contributed by atoms with van der Waals surface area (Å²) >= 11 is 1.85. The number of fused-ring (bicyclic) bond motifs is 2. The van der Waals surface area contributed by atoms with Gasteiger partial charge in [0.2, 0.25) is 0 Å². The average Bonchev–Trinajstić information content (AvgIpc) is 2.80. The van der Waals surface area contributed by atoms with E-state index in [1.807, 2.05) is 18.4 Å². The first-order valence-corrected chi connectivity index (χ1v) is 6.45. The Kier molecular flexibility index (Phi) is 2.00. The van der Waals surface area contributed by atoms with Crippen molar-refractivity contribution in [3.05, 3.63) is 21.9 Å². The van der Waals surface area contributed by atoms with E-state index >= 15 is 0 Å². The summed E-state index contributed by atoms with van der Waals surface area (Å²) in [6.45, 7) is 4.01. The van der Waals surface area contributed by atoms with Crippen molar-refractivity contribution in [3.63, 3.8) is 0 Å². The van der Waals surface area contributed by atoms with Crippen LogP contribution in [0.15, 0.2) is 11.4 Å². The van der Waals surface area contributed by atoms with E-state index in [2.05, 4.69) is 23.7 Å². The van der Waals surface area contributed by atoms with Gasteiger partial charge in [0.25, 0.3) is 0 Å². The maximum atomic E-state index is 6.12. The molecule has 2 heterocycles. The maximum absolute atomic E-state index is 6.12. The highest BCUT2D eigenvalue weighted by molar-refractivity contribution is 7.10. The smallest absolute Gasteiger partial charge is 0.112 e. The van der Waals surface area contributed by atoms with Crippen molar-refractivity contribution in [1.82, 2.24) is 5.32 Å². The number of thiophene rings is 1. The molecule has 0 bridgehead atoms. The van der Waals surface area contributed by atoms with Crippen LogP contribution in [-0.2, 0) is 15.8 Å². The highest BCUT2D eigenvalue weighted by Crippen LogP contribution is 2.56. The van der Waals surface area contributed by atoms with Crippen molar-refractivity contribution in [2.24, 2.45) is 0 Å². The van der Waals surface area contributed by atoms with E-state index in [4.69, 9.17) is 4.74 Å². The highest BCUT2D eigenvalue weighted by atomic mass is 32.1. The summed E-state index contributed by atoms with van der Waals surface area (Å²) < 4.78 is 6.12. The molecule has 1 atom stereocenters. The molecule has 1 aromatic heterocycles. The number of rotatable bonds is 2. The minimum Gasteiger partial charge on any atom is -0.367 e. The molecule has 2 aliphatic rings. The van der Waals surface area contributed by atoms with Crippen LogP contribution in [-0.4, -0.2) is 20.2 Å². The normalized spacial score (nSPS) is 31.6. The minimum atomic E-state index is -0.105. The quantitative estimate of drug-likeness (QED) is 0.830. The van der Waals surface area contributed by atoms with Gasteiger partial charge in [0.15, 0.2) is 0 Å². The Hall–Kier alpha value is -0.380. The fourth-order valence-corrected chi connectivity index (χ4v) is 3.74. The number of likely N-dealkylation sites (N-methyl/N-ethyl adjacent to an activating group) is 1. The van der Waals surface area contributed by atoms with Crippen LogP contribution < -0.4 is 5.32 Å². The Bertz CT molecular complexity index is 383. The average molecular weight is 223 g/mol. The minimum absolute atomic E-state index is 0.105. The maximum Gasteiger partial charge on any atom is 0.112 e. The summed E-state index contributed by atoms with van der Waals surface area (Å²) in [5.41, 5.74) is 1.87. The lowest BCUT2D eigenvalue weighted by molar-refractivity contribution is -0.0556. The molecule has 1 N–H and O–H groups in total. The van der Waals surface area contributed by atoms with Crippen molar-refractivity contribution < 1.29 is 4.74 Å². The van der Waals surface area contributed by atoms with Gasteiger partial charge in [0.05, 0.1) is 6.61 Å². The third-order valence-corrected chi connectivity index (χ3v) is 4.91. The van der Waals surface area contributed by atoms with E-state index in [0.29, 0.717) is 5.41 Å². The third-order valence-electron chi connectivity index (χ3n) is 3.75. The zero-order valence-electron chi connectivity index (χ0n) is 9.30. The van der Waals surface area contributed by atoms with E-state index < -0.39 is 0 Å². The van der Waals surface area contributed by atoms with Crippen LogP contribution in [0.25, 0.3) is 0 Å². The Morgan fingerprint density at radius 1 is 1.53 bits per heavy atom. The molecule has 0 aromatic carbocycles. The van der Waals surface area contributed by atoms with Crippen LogP contribution in [0.2, 0.25) is 0 Å². The Labute approximate surface area is 94.6 Å². The van der Waals surface area contributed by atoms with E-state index in [-0.39, 0.29) is 5.60 Å². The van der Waals surface area contributed by atoms with Crippen LogP contribution in [0, 0.1) is 0 Å². The lowest BCUT2D eigenvalue weighted by atomic mass is 9.87. The number of nitrogens with one attached hydrogen (secondary N) is 1. The molecule has 0 radical (unpaired) electrons. The summed E-state index contributed by atoms with van der Waals surface area (Å²) in [6, 6.07) is 2.31. The van der Waals surface area contributed by atoms with Gasteiger partial charge in [-0.3, -0.25) is 0 Å².